The lowest BCUT2D eigenvalue weighted by atomic mass is 10.4. The molecule has 0 bridgehead atoms. The molecule has 2 aromatic rings. The summed E-state index contributed by atoms with van der Waals surface area (Å²) in [4.78, 5) is 14.8. The van der Waals surface area contributed by atoms with Crippen LogP contribution in [0.25, 0.3) is 6.08 Å². The van der Waals surface area contributed by atoms with E-state index in [4.69, 9.17) is 67.5 Å². The van der Waals surface area contributed by atoms with Crippen molar-refractivity contribution in [2.45, 2.75) is 39.5 Å². The van der Waals surface area contributed by atoms with Crippen molar-refractivity contribution in [3.63, 3.8) is 0 Å². The van der Waals surface area contributed by atoms with Crippen molar-refractivity contribution < 1.29 is 9.47 Å². The van der Waals surface area contributed by atoms with Crippen molar-refractivity contribution in [1.82, 2.24) is 19.9 Å². The normalized spacial score (nSPS) is 9.90. The Labute approximate surface area is 208 Å². The molecule has 2 heterocycles. The van der Waals surface area contributed by atoms with Gasteiger partial charge < -0.3 is 9.47 Å². The van der Waals surface area contributed by atoms with Gasteiger partial charge in [-0.15, -0.1) is 0 Å². The first-order valence-corrected chi connectivity index (χ1v) is 11.3. The summed E-state index contributed by atoms with van der Waals surface area (Å²) < 4.78 is 10.1. The molecule has 0 atom stereocenters. The van der Waals surface area contributed by atoms with Crippen LogP contribution in [0.3, 0.4) is 0 Å². The average molecular weight is 531 g/mol. The molecule has 31 heavy (non-hydrogen) atoms. The van der Waals surface area contributed by atoms with E-state index in [9.17, 15) is 0 Å². The number of halogens is 5. The molecule has 0 saturated carbocycles. The third-order valence-corrected chi connectivity index (χ3v) is 4.40. The topological polar surface area (TPSA) is 70.0 Å². The first kappa shape index (κ1) is 29.7. The largest absolute Gasteiger partial charge is 0.502 e. The van der Waals surface area contributed by atoms with Gasteiger partial charge in [-0.25, -0.2) is 19.9 Å². The second-order valence-corrected chi connectivity index (χ2v) is 7.42. The Hall–Kier alpha value is -1.31. The van der Waals surface area contributed by atoms with Gasteiger partial charge in [0.05, 0.1) is 53.9 Å². The molecule has 0 spiro atoms. The fraction of sp³-hybridized carbons (Fsp3) is 0.400. The maximum absolute atomic E-state index is 5.85. The van der Waals surface area contributed by atoms with Crippen LogP contribution in [-0.4, -0.2) is 33.1 Å². The Balaban J connectivity index is 0.000000479. The van der Waals surface area contributed by atoms with Gasteiger partial charge in [0.25, 0.3) is 0 Å². The van der Waals surface area contributed by atoms with Crippen LogP contribution in [0.1, 0.15) is 45.2 Å². The number of unbranched alkanes of at least 4 members (excludes halogenated alkanes) is 2. The van der Waals surface area contributed by atoms with Crippen molar-refractivity contribution in [2.75, 3.05) is 13.2 Å². The van der Waals surface area contributed by atoms with Gasteiger partial charge in [0.15, 0.2) is 5.15 Å². The second-order valence-electron chi connectivity index (χ2n) is 5.57. The molecule has 6 nitrogen and oxygen atoms in total. The SMILES string of the molecule is C=COCCCC.CCCCO/C=C\c1nc(Cl)ncc1Cl.Clc1ncc(Cl)c(Cl)n1. The molecular weight excluding hydrogens is 506 g/mol. The highest BCUT2D eigenvalue weighted by Crippen LogP contribution is 2.18. The van der Waals surface area contributed by atoms with E-state index in [-0.39, 0.29) is 15.7 Å². The van der Waals surface area contributed by atoms with Gasteiger partial charge >= 0.3 is 0 Å². The lowest BCUT2D eigenvalue weighted by molar-refractivity contribution is 0.245. The highest BCUT2D eigenvalue weighted by atomic mass is 35.5. The summed E-state index contributed by atoms with van der Waals surface area (Å²) in [5.41, 5.74) is 0.563. The van der Waals surface area contributed by atoms with Crippen LogP contribution in [0, 0.1) is 0 Å². The molecular formula is C20H25Cl5N4O2. The number of hydrogen-bond donors (Lipinski definition) is 0. The molecule has 2 aromatic heterocycles. The van der Waals surface area contributed by atoms with E-state index in [0.717, 1.165) is 25.9 Å². The van der Waals surface area contributed by atoms with E-state index in [1.54, 1.807) is 12.3 Å². The Morgan fingerprint density at radius 1 is 0.839 bits per heavy atom. The number of nitrogens with zero attached hydrogens (tertiary/aromatic N) is 4. The van der Waals surface area contributed by atoms with Gasteiger partial charge in [0, 0.05) is 0 Å². The van der Waals surface area contributed by atoms with Crippen LogP contribution in [-0.2, 0) is 9.47 Å². The molecule has 0 fully saturated rings. The van der Waals surface area contributed by atoms with E-state index in [1.807, 2.05) is 0 Å². The van der Waals surface area contributed by atoms with E-state index in [1.165, 1.54) is 25.1 Å². The van der Waals surface area contributed by atoms with Gasteiger partial charge in [0.2, 0.25) is 10.6 Å². The first-order valence-electron chi connectivity index (χ1n) is 9.37. The van der Waals surface area contributed by atoms with Gasteiger partial charge in [0.1, 0.15) is 0 Å². The first-order chi connectivity index (χ1) is 14.8. The minimum atomic E-state index is 0.101. The summed E-state index contributed by atoms with van der Waals surface area (Å²) in [6, 6.07) is 0. The summed E-state index contributed by atoms with van der Waals surface area (Å²) in [6.45, 7) is 9.16. The van der Waals surface area contributed by atoms with Crippen molar-refractivity contribution in [3.05, 3.63) is 63.0 Å². The maximum atomic E-state index is 5.85. The minimum absolute atomic E-state index is 0.101. The Bertz CT molecular complexity index is 794. The summed E-state index contributed by atoms with van der Waals surface area (Å²) in [5.74, 6) is 0. The quantitative estimate of drug-likeness (QED) is 0.142. The molecule has 0 N–H and O–H groups in total. The molecule has 0 aliphatic heterocycles. The van der Waals surface area contributed by atoms with Crippen molar-refractivity contribution in [1.29, 1.82) is 0 Å². The van der Waals surface area contributed by atoms with Gasteiger partial charge in [-0.3, -0.25) is 0 Å². The van der Waals surface area contributed by atoms with Gasteiger partial charge in [-0.05, 0) is 42.1 Å². The third-order valence-electron chi connectivity index (χ3n) is 3.09. The molecule has 0 radical (unpaired) electrons. The number of hydrogen-bond acceptors (Lipinski definition) is 6. The lowest BCUT2D eigenvalue weighted by Gasteiger charge is -1.99. The summed E-state index contributed by atoms with van der Waals surface area (Å²) in [6.07, 6.45) is 12.0. The zero-order chi connectivity index (χ0) is 23.5. The van der Waals surface area contributed by atoms with E-state index < -0.39 is 0 Å². The molecule has 0 saturated heterocycles. The Kier molecular flexibility index (Phi) is 18.6. The van der Waals surface area contributed by atoms with E-state index in [2.05, 4.69) is 40.4 Å². The van der Waals surface area contributed by atoms with E-state index in [0.29, 0.717) is 22.3 Å². The predicted octanol–water partition coefficient (Wildman–Crippen LogP) is 7.95. The monoisotopic (exact) mass is 528 g/mol. The van der Waals surface area contributed by atoms with Crippen molar-refractivity contribution in [3.8, 4) is 0 Å². The minimum Gasteiger partial charge on any atom is -0.502 e. The fourth-order valence-corrected chi connectivity index (χ4v) is 2.21. The van der Waals surface area contributed by atoms with Crippen LogP contribution in [0.5, 0.6) is 0 Å². The van der Waals surface area contributed by atoms with Crippen molar-refractivity contribution in [2.24, 2.45) is 0 Å². The standard InChI is InChI=1S/C10H12Cl2N2O.C6H12O.C4HCl3N2/c1-2-3-5-15-6-4-9-8(11)7-13-10(12)14-9;1-3-5-6-7-4-2;5-2-1-8-4(7)9-3(2)6/h4,6-7H,2-3,5H2,1H3;4H,2-3,5-6H2,1H3;1H/b6-4-;;. The Morgan fingerprint density at radius 2 is 1.39 bits per heavy atom. The average Bonchev–Trinajstić information content (AvgIpc) is 2.74. The summed E-state index contributed by atoms with van der Waals surface area (Å²) in [5, 5.41) is 1.21. The zero-order valence-corrected chi connectivity index (χ0v) is 21.1. The van der Waals surface area contributed by atoms with E-state index >= 15 is 0 Å². The summed E-state index contributed by atoms with van der Waals surface area (Å²) >= 11 is 27.7. The number of aromatic nitrogens is 4. The number of rotatable bonds is 9. The molecule has 0 aromatic carbocycles. The number of ether oxygens (including phenoxy) is 2. The van der Waals surface area contributed by atoms with Gasteiger partial charge in [-0.2, -0.15) is 0 Å². The third kappa shape index (κ3) is 16.0. The van der Waals surface area contributed by atoms with Crippen LogP contribution < -0.4 is 0 Å². The van der Waals surface area contributed by atoms with Gasteiger partial charge in [-0.1, -0.05) is 68.1 Å². The summed E-state index contributed by atoms with van der Waals surface area (Å²) in [7, 11) is 0. The molecule has 0 aliphatic rings. The maximum Gasteiger partial charge on any atom is 0.223 e. The molecule has 0 aliphatic carbocycles. The highest BCUT2D eigenvalue weighted by Gasteiger charge is 2.00. The van der Waals surface area contributed by atoms with Crippen LogP contribution >= 0.6 is 58.0 Å². The molecule has 0 amide bonds. The molecule has 11 heteroatoms. The molecule has 172 valence electrons. The lowest BCUT2D eigenvalue weighted by Crippen LogP contribution is -1.89. The van der Waals surface area contributed by atoms with Crippen molar-refractivity contribution >= 4 is 64.1 Å². The van der Waals surface area contributed by atoms with Crippen LogP contribution in [0.4, 0.5) is 0 Å². The highest BCUT2D eigenvalue weighted by molar-refractivity contribution is 6.41. The van der Waals surface area contributed by atoms with Crippen LogP contribution in [0.15, 0.2) is 31.5 Å². The fourth-order valence-electron chi connectivity index (χ4n) is 1.52. The zero-order valence-electron chi connectivity index (χ0n) is 17.3. The smallest absolute Gasteiger partial charge is 0.223 e. The Morgan fingerprint density at radius 3 is 1.90 bits per heavy atom. The van der Waals surface area contributed by atoms with Crippen LogP contribution in [0.2, 0.25) is 25.8 Å². The molecule has 0 unspecified atom stereocenters. The predicted molar refractivity (Wildman–Crippen MR) is 130 cm³/mol. The second kappa shape index (κ2) is 19.4. The molecule has 2 rings (SSSR count).